The van der Waals surface area contributed by atoms with E-state index in [1.54, 1.807) is 21.9 Å². The highest BCUT2D eigenvalue weighted by atomic mass is 35.5. The van der Waals surface area contributed by atoms with Crippen molar-refractivity contribution >= 4 is 23.5 Å². The quantitative estimate of drug-likeness (QED) is 0.838. The second-order valence-corrected chi connectivity index (χ2v) is 7.23. The van der Waals surface area contributed by atoms with Crippen molar-refractivity contribution in [3.05, 3.63) is 34.6 Å². The summed E-state index contributed by atoms with van der Waals surface area (Å²) in [7, 11) is 0. The number of likely N-dealkylation sites (tertiary alicyclic amines) is 1. The maximum atomic E-state index is 13.9. The predicted molar refractivity (Wildman–Crippen MR) is 95.5 cm³/mol. The van der Waals surface area contributed by atoms with E-state index in [2.05, 4.69) is 4.90 Å². The maximum Gasteiger partial charge on any atom is 0.320 e. The first kappa shape index (κ1) is 19.1. The molecular weight excluding hydrogens is 361 g/mol. The average Bonchev–Trinajstić information content (AvgIpc) is 3.07. The monoisotopic (exact) mass is 383 g/mol. The third-order valence-electron chi connectivity index (χ3n) is 5.16. The summed E-state index contributed by atoms with van der Waals surface area (Å²) in [5.41, 5.74) is 0.482. The molecule has 0 unspecified atom stereocenters. The third kappa shape index (κ3) is 4.34. The Morgan fingerprint density at radius 2 is 1.92 bits per heavy atom. The molecule has 0 saturated carbocycles. The van der Waals surface area contributed by atoms with Gasteiger partial charge in [0.1, 0.15) is 11.9 Å². The molecule has 0 spiro atoms. The number of benzene rings is 1. The van der Waals surface area contributed by atoms with Crippen molar-refractivity contribution in [2.24, 2.45) is 0 Å². The zero-order valence-corrected chi connectivity index (χ0v) is 15.3. The Hall–Kier alpha value is -1.70. The molecule has 6 nitrogen and oxygen atoms in total. The largest absolute Gasteiger partial charge is 0.480 e. The van der Waals surface area contributed by atoms with E-state index in [9.17, 15) is 19.1 Å². The lowest BCUT2D eigenvalue weighted by atomic mass is 10.1. The van der Waals surface area contributed by atoms with E-state index in [1.807, 2.05) is 0 Å². The second kappa shape index (κ2) is 8.33. The molecule has 2 fully saturated rings. The van der Waals surface area contributed by atoms with Gasteiger partial charge < -0.3 is 10.0 Å². The van der Waals surface area contributed by atoms with E-state index < -0.39 is 12.0 Å². The lowest BCUT2D eigenvalue weighted by Crippen LogP contribution is -2.52. The van der Waals surface area contributed by atoms with Crippen LogP contribution in [0, 0.1) is 5.82 Å². The fraction of sp³-hybridized carbons (Fsp3) is 0.556. The highest BCUT2D eigenvalue weighted by Gasteiger charge is 2.33. The van der Waals surface area contributed by atoms with Gasteiger partial charge in [-0.1, -0.05) is 17.7 Å². The number of hydrogen-bond donors (Lipinski definition) is 1. The molecule has 2 saturated heterocycles. The fourth-order valence-electron chi connectivity index (χ4n) is 3.63. The molecule has 8 heteroatoms. The Bertz CT molecular complexity index is 659. The summed E-state index contributed by atoms with van der Waals surface area (Å²) in [5, 5.41) is 9.63. The molecule has 1 N–H and O–H groups in total. The van der Waals surface area contributed by atoms with Crippen LogP contribution in [0.3, 0.4) is 0 Å². The number of amides is 1. The average molecular weight is 384 g/mol. The molecule has 2 heterocycles. The number of carboxylic acids is 1. The highest BCUT2D eigenvalue weighted by molar-refractivity contribution is 6.31. The van der Waals surface area contributed by atoms with Crippen LogP contribution < -0.4 is 0 Å². The zero-order valence-electron chi connectivity index (χ0n) is 14.5. The van der Waals surface area contributed by atoms with Crippen LogP contribution in [0.4, 0.5) is 4.39 Å². The van der Waals surface area contributed by atoms with Gasteiger partial charge in [0.25, 0.3) is 0 Å². The van der Waals surface area contributed by atoms with Gasteiger partial charge in [0.2, 0.25) is 5.91 Å². The molecule has 0 aliphatic carbocycles. The standard InChI is InChI=1S/C18H23ClFN3O3/c19-14-3-1-4-15(20)13(14)11-21-7-9-22(10-8-21)17(24)12-23-6-2-5-16(23)18(25)26/h1,3-4,16H,2,5-12H2,(H,25,26)/t16-/m0/s1. The van der Waals surface area contributed by atoms with Crippen molar-refractivity contribution in [3.63, 3.8) is 0 Å². The van der Waals surface area contributed by atoms with E-state index in [0.29, 0.717) is 56.3 Å². The molecular formula is C18H23ClFN3O3. The van der Waals surface area contributed by atoms with Crippen molar-refractivity contribution in [1.29, 1.82) is 0 Å². The first-order chi connectivity index (χ1) is 12.5. The molecule has 3 rings (SSSR count). The van der Waals surface area contributed by atoms with Crippen LogP contribution in [-0.4, -0.2) is 77.0 Å². The number of rotatable bonds is 5. The van der Waals surface area contributed by atoms with Crippen molar-refractivity contribution in [3.8, 4) is 0 Å². The first-order valence-electron chi connectivity index (χ1n) is 8.85. The predicted octanol–water partition coefficient (Wildman–Crippen LogP) is 1.67. The number of hydrogen-bond acceptors (Lipinski definition) is 4. The van der Waals surface area contributed by atoms with Gasteiger partial charge in [-0.25, -0.2) is 4.39 Å². The van der Waals surface area contributed by atoms with Crippen LogP contribution in [-0.2, 0) is 16.1 Å². The summed E-state index contributed by atoms with van der Waals surface area (Å²) in [6.07, 6.45) is 1.40. The Morgan fingerprint density at radius 3 is 2.58 bits per heavy atom. The number of carbonyl (C=O) groups is 2. The molecule has 1 atom stereocenters. The SMILES string of the molecule is O=C(O)[C@@H]1CCCN1CC(=O)N1CCN(Cc2c(F)cccc2Cl)CC1. The van der Waals surface area contributed by atoms with Crippen molar-refractivity contribution in [1.82, 2.24) is 14.7 Å². The molecule has 2 aliphatic rings. The maximum absolute atomic E-state index is 13.9. The summed E-state index contributed by atoms with van der Waals surface area (Å²) >= 11 is 6.08. The Kier molecular flexibility index (Phi) is 6.11. The molecule has 0 aromatic heterocycles. The fourth-order valence-corrected chi connectivity index (χ4v) is 3.85. The van der Waals surface area contributed by atoms with Crippen LogP contribution >= 0.6 is 11.6 Å². The van der Waals surface area contributed by atoms with E-state index in [4.69, 9.17) is 11.6 Å². The van der Waals surface area contributed by atoms with Crippen molar-refractivity contribution in [2.45, 2.75) is 25.4 Å². The summed E-state index contributed by atoms with van der Waals surface area (Å²) < 4.78 is 13.9. The first-order valence-corrected chi connectivity index (χ1v) is 9.23. The molecule has 142 valence electrons. The minimum Gasteiger partial charge on any atom is -0.480 e. The lowest BCUT2D eigenvalue weighted by Gasteiger charge is -2.36. The Labute approximate surface area is 157 Å². The summed E-state index contributed by atoms with van der Waals surface area (Å²) in [6, 6.07) is 4.11. The number of carbonyl (C=O) groups excluding carboxylic acids is 1. The number of piperazine rings is 1. The van der Waals surface area contributed by atoms with E-state index in [-0.39, 0.29) is 18.3 Å². The molecule has 2 aliphatic heterocycles. The Balaban J connectivity index is 1.50. The van der Waals surface area contributed by atoms with Crippen LogP contribution in [0.2, 0.25) is 5.02 Å². The zero-order chi connectivity index (χ0) is 18.7. The smallest absolute Gasteiger partial charge is 0.320 e. The van der Waals surface area contributed by atoms with Crippen LogP contribution in [0.5, 0.6) is 0 Å². The van der Waals surface area contributed by atoms with E-state index in [0.717, 1.165) is 6.42 Å². The molecule has 0 bridgehead atoms. The van der Waals surface area contributed by atoms with Gasteiger partial charge in [-0.2, -0.15) is 0 Å². The minimum atomic E-state index is -0.859. The topological polar surface area (TPSA) is 64.1 Å². The van der Waals surface area contributed by atoms with Gasteiger partial charge in [-0.3, -0.25) is 19.4 Å². The van der Waals surface area contributed by atoms with Gasteiger partial charge >= 0.3 is 5.97 Å². The number of nitrogens with zero attached hydrogens (tertiary/aromatic N) is 3. The Morgan fingerprint density at radius 1 is 1.19 bits per heavy atom. The normalized spacial score (nSPS) is 21.9. The van der Waals surface area contributed by atoms with E-state index in [1.165, 1.54) is 6.07 Å². The van der Waals surface area contributed by atoms with Crippen LogP contribution in [0.15, 0.2) is 18.2 Å². The van der Waals surface area contributed by atoms with Gasteiger partial charge in [-0.15, -0.1) is 0 Å². The van der Waals surface area contributed by atoms with Crippen LogP contribution in [0.25, 0.3) is 0 Å². The lowest BCUT2D eigenvalue weighted by molar-refractivity contribution is -0.143. The van der Waals surface area contributed by atoms with Gasteiger partial charge in [0.15, 0.2) is 0 Å². The molecule has 0 radical (unpaired) electrons. The number of halogens is 2. The minimum absolute atomic E-state index is 0.0401. The third-order valence-corrected chi connectivity index (χ3v) is 5.51. The summed E-state index contributed by atoms with van der Waals surface area (Å²) in [5.74, 6) is -1.21. The molecule has 1 aromatic rings. The molecule has 1 amide bonds. The summed E-state index contributed by atoms with van der Waals surface area (Å²) in [6.45, 7) is 3.59. The highest BCUT2D eigenvalue weighted by Crippen LogP contribution is 2.22. The number of carboxylic acid groups (broad SMARTS) is 1. The molecule has 26 heavy (non-hydrogen) atoms. The summed E-state index contributed by atoms with van der Waals surface area (Å²) in [4.78, 5) is 29.3. The van der Waals surface area contributed by atoms with Gasteiger partial charge in [0, 0.05) is 43.3 Å². The number of aliphatic carboxylic acids is 1. The van der Waals surface area contributed by atoms with Crippen molar-refractivity contribution in [2.75, 3.05) is 39.3 Å². The van der Waals surface area contributed by atoms with Crippen molar-refractivity contribution < 1.29 is 19.1 Å². The molecule has 1 aromatic carbocycles. The second-order valence-electron chi connectivity index (χ2n) is 6.82. The van der Waals surface area contributed by atoms with Gasteiger partial charge in [0.05, 0.1) is 6.54 Å². The van der Waals surface area contributed by atoms with Crippen LogP contribution in [0.1, 0.15) is 18.4 Å². The van der Waals surface area contributed by atoms with E-state index >= 15 is 0 Å². The van der Waals surface area contributed by atoms with Gasteiger partial charge in [-0.05, 0) is 31.5 Å².